The zero-order chi connectivity index (χ0) is 15.8. The first-order chi connectivity index (χ1) is 11.3. The molecule has 2 N–H and O–H groups in total. The first-order valence-corrected chi connectivity index (χ1v) is 8.12. The van der Waals surface area contributed by atoms with Crippen molar-refractivity contribution in [2.75, 3.05) is 31.6 Å². The van der Waals surface area contributed by atoms with Crippen molar-refractivity contribution in [2.45, 2.75) is 18.9 Å². The average Bonchev–Trinajstić information content (AvgIpc) is 3.20. The van der Waals surface area contributed by atoms with Crippen LogP contribution in [0.3, 0.4) is 0 Å². The Morgan fingerprint density at radius 1 is 1.39 bits per heavy atom. The maximum absolute atomic E-state index is 8.87. The van der Waals surface area contributed by atoms with Gasteiger partial charge in [-0.15, -0.1) is 0 Å². The lowest BCUT2D eigenvalue weighted by molar-refractivity contribution is 0.0975. The van der Waals surface area contributed by atoms with E-state index in [2.05, 4.69) is 43.4 Å². The second-order valence-electron chi connectivity index (χ2n) is 6.59. The van der Waals surface area contributed by atoms with Crippen LogP contribution in [0.2, 0.25) is 0 Å². The Bertz CT molecular complexity index is 733. The van der Waals surface area contributed by atoms with E-state index in [0.717, 1.165) is 36.4 Å². The summed E-state index contributed by atoms with van der Waals surface area (Å²) in [6.07, 6.45) is 5.86. The van der Waals surface area contributed by atoms with Crippen LogP contribution < -0.4 is 10.3 Å². The molecule has 4 rings (SSSR count). The fraction of sp³-hybridized carbons (Fsp3) is 0.562. The highest BCUT2D eigenvalue weighted by Gasteiger charge is 2.40. The Balaban J connectivity index is 1.51. The predicted octanol–water partition coefficient (Wildman–Crippen LogP) is 1.13. The lowest BCUT2D eigenvalue weighted by atomic mass is 9.94. The van der Waals surface area contributed by atoms with E-state index in [9.17, 15) is 0 Å². The zero-order valence-electron chi connectivity index (χ0n) is 13.2. The number of anilines is 1. The Kier molecular flexibility index (Phi) is 3.63. The normalized spacial score (nSPS) is 27.7. The van der Waals surface area contributed by atoms with Gasteiger partial charge in [-0.1, -0.05) is 0 Å². The van der Waals surface area contributed by atoms with E-state index in [4.69, 9.17) is 5.26 Å². The van der Waals surface area contributed by atoms with Crippen LogP contribution in [0.1, 0.15) is 12.8 Å². The molecule has 7 heteroatoms. The van der Waals surface area contributed by atoms with E-state index >= 15 is 0 Å². The molecule has 2 aromatic rings. The average molecular weight is 311 g/mol. The molecule has 3 heterocycles. The summed E-state index contributed by atoms with van der Waals surface area (Å²) in [6, 6.07) is 4.76. The molecule has 2 aliphatic rings. The zero-order valence-corrected chi connectivity index (χ0v) is 13.2. The molecule has 3 atom stereocenters. The third-order valence-electron chi connectivity index (χ3n) is 5.32. The monoisotopic (exact) mass is 311 g/mol. The van der Waals surface area contributed by atoms with Crippen LogP contribution in [0.5, 0.6) is 0 Å². The van der Waals surface area contributed by atoms with E-state index in [0.29, 0.717) is 24.4 Å². The van der Waals surface area contributed by atoms with Gasteiger partial charge in [0.05, 0.1) is 11.5 Å². The summed E-state index contributed by atoms with van der Waals surface area (Å²) in [5, 5.41) is 12.0. The van der Waals surface area contributed by atoms with Crippen molar-refractivity contribution < 1.29 is 0 Å². The largest absolute Gasteiger partial charge is 0.356 e. The van der Waals surface area contributed by atoms with Crippen LogP contribution in [-0.2, 0) is 0 Å². The fourth-order valence-corrected chi connectivity index (χ4v) is 4.08. The third-order valence-corrected chi connectivity index (χ3v) is 5.32. The van der Waals surface area contributed by atoms with Crippen LogP contribution in [-0.4, -0.2) is 52.7 Å². The van der Waals surface area contributed by atoms with Crippen LogP contribution in [0, 0.1) is 23.2 Å². The molecule has 120 valence electrons. The number of nitrogens with one attached hydrogen (secondary N) is 2. The van der Waals surface area contributed by atoms with Crippen molar-refractivity contribution in [3.8, 4) is 6.07 Å². The van der Waals surface area contributed by atoms with Gasteiger partial charge in [-0.2, -0.15) is 5.26 Å². The van der Waals surface area contributed by atoms with Gasteiger partial charge < -0.3 is 9.88 Å². The first-order valence-electron chi connectivity index (χ1n) is 8.12. The molecule has 1 aliphatic heterocycles. The minimum absolute atomic E-state index is 0.458. The highest BCUT2D eigenvalue weighted by Crippen LogP contribution is 2.38. The molecule has 2 fully saturated rings. The van der Waals surface area contributed by atoms with Crippen molar-refractivity contribution in [1.29, 1.82) is 5.26 Å². The smallest absolute Gasteiger partial charge is 0.142 e. The van der Waals surface area contributed by atoms with Gasteiger partial charge >= 0.3 is 0 Å². The SMILES string of the molecule is CN(c1ncnc2[nH]ccc12)[C@H]1C[C@H]2CNN(CC#N)C[C@H]2C1. The number of hydrogen-bond donors (Lipinski definition) is 2. The summed E-state index contributed by atoms with van der Waals surface area (Å²) in [4.78, 5) is 14.2. The summed E-state index contributed by atoms with van der Waals surface area (Å²) in [5.41, 5.74) is 4.27. The Morgan fingerprint density at radius 2 is 2.26 bits per heavy atom. The molecule has 1 saturated carbocycles. The molecule has 0 bridgehead atoms. The number of rotatable bonds is 3. The Hall–Kier alpha value is -2.17. The van der Waals surface area contributed by atoms with E-state index < -0.39 is 0 Å². The van der Waals surface area contributed by atoms with Crippen LogP contribution >= 0.6 is 0 Å². The molecule has 2 aromatic heterocycles. The molecule has 0 radical (unpaired) electrons. The predicted molar refractivity (Wildman–Crippen MR) is 87.5 cm³/mol. The number of aromatic nitrogens is 3. The second kappa shape index (κ2) is 5.80. The third kappa shape index (κ3) is 2.54. The maximum Gasteiger partial charge on any atom is 0.142 e. The molecule has 23 heavy (non-hydrogen) atoms. The van der Waals surface area contributed by atoms with Gasteiger partial charge in [0, 0.05) is 32.4 Å². The summed E-state index contributed by atoms with van der Waals surface area (Å²) >= 11 is 0. The topological polar surface area (TPSA) is 83.9 Å². The highest BCUT2D eigenvalue weighted by molar-refractivity contribution is 5.87. The molecule has 0 aromatic carbocycles. The number of H-pyrrole nitrogens is 1. The summed E-state index contributed by atoms with van der Waals surface area (Å²) in [6.45, 7) is 2.39. The number of nitrogens with zero attached hydrogens (tertiary/aromatic N) is 5. The first kappa shape index (κ1) is 14.4. The van der Waals surface area contributed by atoms with E-state index in [1.54, 1.807) is 6.33 Å². The summed E-state index contributed by atoms with van der Waals surface area (Å²) in [5.74, 6) is 2.34. The van der Waals surface area contributed by atoms with Gasteiger partial charge in [-0.3, -0.25) is 5.43 Å². The second-order valence-corrected chi connectivity index (χ2v) is 6.59. The summed E-state index contributed by atoms with van der Waals surface area (Å²) in [7, 11) is 2.14. The van der Waals surface area contributed by atoms with Crippen molar-refractivity contribution in [2.24, 2.45) is 11.8 Å². The van der Waals surface area contributed by atoms with Crippen LogP contribution in [0.25, 0.3) is 11.0 Å². The molecular weight excluding hydrogens is 290 g/mol. The van der Waals surface area contributed by atoms with E-state index in [1.807, 2.05) is 12.3 Å². The molecular formula is C16H21N7. The molecule has 7 nitrogen and oxygen atoms in total. The quantitative estimate of drug-likeness (QED) is 0.827. The van der Waals surface area contributed by atoms with Gasteiger partial charge in [-0.25, -0.2) is 15.0 Å². The number of fused-ring (bicyclic) bond motifs is 2. The summed E-state index contributed by atoms with van der Waals surface area (Å²) < 4.78 is 0. The molecule has 1 aliphatic carbocycles. The van der Waals surface area contributed by atoms with Gasteiger partial charge in [0.1, 0.15) is 24.3 Å². The van der Waals surface area contributed by atoms with Crippen LogP contribution in [0.15, 0.2) is 18.6 Å². The fourth-order valence-electron chi connectivity index (χ4n) is 4.08. The number of hydrazine groups is 1. The van der Waals surface area contributed by atoms with Gasteiger partial charge in [0.25, 0.3) is 0 Å². The van der Waals surface area contributed by atoms with Crippen molar-refractivity contribution in [1.82, 2.24) is 25.4 Å². The van der Waals surface area contributed by atoms with E-state index in [1.165, 1.54) is 6.42 Å². The molecule has 0 amide bonds. The van der Waals surface area contributed by atoms with Crippen molar-refractivity contribution in [3.05, 3.63) is 18.6 Å². The van der Waals surface area contributed by atoms with Gasteiger partial charge in [0.2, 0.25) is 0 Å². The van der Waals surface area contributed by atoms with Crippen LogP contribution in [0.4, 0.5) is 5.82 Å². The molecule has 1 saturated heterocycles. The highest BCUT2D eigenvalue weighted by atomic mass is 15.5. The minimum Gasteiger partial charge on any atom is -0.356 e. The lowest BCUT2D eigenvalue weighted by Crippen LogP contribution is -2.50. The Morgan fingerprint density at radius 3 is 3.13 bits per heavy atom. The Labute approximate surface area is 135 Å². The minimum atomic E-state index is 0.458. The van der Waals surface area contributed by atoms with Crippen molar-refractivity contribution in [3.63, 3.8) is 0 Å². The van der Waals surface area contributed by atoms with Gasteiger partial charge in [-0.05, 0) is 30.7 Å². The van der Waals surface area contributed by atoms with E-state index in [-0.39, 0.29) is 0 Å². The number of aromatic amines is 1. The number of nitriles is 1. The molecule has 0 unspecified atom stereocenters. The van der Waals surface area contributed by atoms with Crippen molar-refractivity contribution >= 4 is 16.9 Å². The van der Waals surface area contributed by atoms with Gasteiger partial charge in [0.15, 0.2) is 0 Å². The molecule has 0 spiro atoms. The lowest BCUT2D eigenvalue weighted by Gasteiger charge is -2.34. The maximum atomic E-state index is 8.87. The number of hydrogen-bond acceptors (Lipinski definition) is 6. The standard InChI is InChI=1S/C16H21N7/c1-22(16-14-2-4-18-15(14)19-10-20-16)13-6-11-8-21-23(5-3-17)9-12(11)7-13/h2,4,10-13,21H,5-9H2,1H3,(H,18,19,20)/t11-,12+,13-/m0/s1.